The molecule has 0 amide bonds. The average molecular weight is 229 g/mol. The number of hydrogen-bond donors (Lipinski definition) is 1. The number of rotatable bonds is 3. The molecule has 0 aromatic carbocycles. The monoisotopic (exact) mass is 229 g/mol. The van der Waals surface area contributed by atoms with Crippen LogP contribution in [0.15, 0.2) is 24.5 Å². The molecule has 1 aliphatic heterocycles. The van der Waals surface area contributed by atoms with Gasteiger partial charge in [-0.05, 0) is 24.6 Å². The van der Waals surface area contributed by atoms with Crippen LogP contribution in [0.5, 0.6) is 0 Å². The van der Waals surface area contributed by atoms with Gasteiger partial charge in [0.05, 0.1) is 6.54 Å². The number of nitrogens with one attached hydrogen (secondary N) is 1. The second-order valence-electron chi connectivity index (χ2n) is 4.40. The van der Waals surface area contributed by atoms with Crippen LogP contribution in [0.2, 0.25) is 0 Å². The number of nitrogens with zero attached hydrogens (tertiary/aromatic N) is 4. The van der Waals surface area contributed by atoms with E-state index in [0.717, 1.165) is 31.3 Å². The maximum Gasteiger partial charge on any atom is 0.139 e. The summed E-state index contributed by atoms with van der Waals surface area (Å²) in [4.78, 5) is 4.03. The Labute approximate surface area is 99.9 Å². The van der Waals surface area contributed by atoms with E-state index in [4.69, 9.17) is 0 Å². The molecule has 0 atom stereocenters. The second kappa shape index (κ2) is 4.25. The molecule has 0 aliphatic carbocycles. The Hall–Kier alpha value is -1.75. The maximum absolute atomic E-state index is 4.29. The normalized spacial score (nSPS) is 15.8. The molecule has 88 valence electrons. The van der Waals surface area contributed by atoms with E-state index in [9.17, 15) is 0 Å². The van der Waals surface area contributed by atoms with Crippen LogP contribution in [-0.2, 0) is 6.54 Å². The topological polar surface area (TPSA) is 55.6 Å². The summed E-state index contributed by atoms with van der Waals surface area (Å²) < 4.78 is 2.20. The third-order valence-corrected chi connectivity index (χ3v) is 3.20. The van der Waals surface area contributed by atoms with Crippen molar-refractivity contribution >= 4 is 0 Å². The minimum absolute atomic E-state index is 0.512. The highest BCUT2D eigenvalue weighted by Crippen LogP contribution is 2.19. The minimum atomic E-state index is 0.512. The van der Waals surface area contributed by atoms with Gasteiger partial charge in [-0.3, -0.25) is 4.98 Å². The molecule has 3 heterocycles. The Morgan fingerprint density at radius 3 is 2.71 bits per heavy atom. The lowest BCUT2D eigenvalue weighted by atomic mass is 10.0. The van der Waals surface area contributed by atoms with Crippen molar-refractivity contribution in [3.63, 3.8) is 0 Å². The Kier molecular flexibility index (Phi) is 2.60. The predicted molar refractivity (Wildman–Crippen MR) is 63.7 cm³/mol. The fourth-order valence-electron chi connectivity index (χ4n) is 2.04. The average Bonchev–Trinajstić information content (AvgIpc) is 2.61. The quantitative estimate of drug-likeness (QED) is 0.842. The van der Waals surface area contributed by atoms with Crippen molar-refractivity contribution in [2.24, 2.45) is 0 Å². The van der Waals surface area contributed by atoms with Gasteiger partial charge in [-0.2, -0.15) is 0 Å². The van der Waals surface area contributed by atoms with Crippen molar-refractivity contribution in [3.05, 3.63) is 41.7 Å². The largest absolute Gasteiger partial charge is 0.315 e. The Balaban J connectivity index is 1.89. The van der Waals surface area contributed by atoms with E-state index in [-0.39, 0.29) is 0 Å². The van der Waals surface area contributed by atoms with Crippen LogP contribution in [0.3, 0.4) is 0 Å². The summed E-state index contributed by atoms with van der Waals surface area (Å²) in [5, 5.41) is 11.7. The first-order chi connectivity index (χ1) is 8.34. The molecule has 1 saturated heterocycles. The first kappa shape index (κ1) is 10.4. The van der Waals surface area contributed by atoms with Crippen molar-refractivity contribution in [1.82, 2.24) is 25.1 Å². The molecule has 0 unspecified atom stereocenters. The van der Waals surface area contributed by atoms with Crippen LogP contribution >= 0.6 is 0 Å². The van der Waals surface area contributed by atoms with Gasteiger partial charge in [-0.1, -0.05) is 0 Å². The third-order valence-electron chi connectivity index (χ3n) is 3.20. The van der Waals surface area contributed by atoms with Crippen LogP contribution in [0.1, 0.15) is 23.1 Å². The molecule has 2 aromatic heterocycles. The molecule has 1 aliphatic rings. The van der Waals surface area contributed by atoms with E-state index in [2.05, 4.69) is 25.1 Å². The fraction of sp³-hybridized carbons (Fsp3) is 0.417. The Morgan fingerprint density at radius 1 is 1.29 bits per heavy atom. The number of pyridine rings is 1. The van der Waals surface area contributed by atoms with Gasteiger partial charge in [-0.15, -0.1) is 10.2 Å². The van der Waals surface area contributed by atoms with Crippen molar-refractivity contribution in [3.8, 4) is 0 Å². The molecule has 17 heavy (non-hydrogen) atoms. The number of aromatic nitrogens is 4. The van der Waals surface area contributed by atoms with E-state index in [0.29, 0.717) is 5.92 Å². The van der Waals surface area contributed by atoms with Crippen molar-refractivity contribution < 1.29 is 0 Å². The summed E-state index contributed by atoms with van der Waals surface area (Å²) in [6.07, 6.45) is 3.64. The molecule has 5 heteroatoms. The van der Waals surface area contributed by atoms with Crippen LogP contribution < -0.4 is 5.32 Å². The van der Waals surface area contributed by atoms with Crippen LogP contribution in [0, 0.1) is 6.92 Å². The summed E-state index contributed by atoms with van der Waals surface area (Å²) >= 11 is 0. The minimum Gasteiger partial charge on any atom is -0.315 e. The highest BCUT2D eigenvalue weighted by molar-refractivity contribution is 5.14. The summed E-state index contributed by atoms with van der Waals surface area (Å²) in [5.74, 6) is 2.58. The molecule has 1 N–H and O–H groups in total. The second-order valence-corrected chi connectivity index (χ2v) is 4.40. The summed E-state index contributed by atoms with van der Waals surface area (Å²) in [6, 6.07) is 4.06. The molecular weight excluding hydrogens is 214 g/mol. The smallest absolute Gasteiger partial charge is 0.139 e. The maximum atomic E-state index is 4.29. The van der Waals surface area contributed by atoms with Gasteiger partial charge in [-0.25, -0.2) is 0 Å². The predicted octanol–water partition coefficient (Wildman–Crippen LogP) is 0.717. The lowest BCUT2D eigenvalue weighted by Crippen LogP contribution is -2.41. The zero-order chi connectivity index (χ0) is 11.7. The first-order valence-corrected chi connectivity index (χ1v) is 5.84. The number of aryl methyl sites for hydroxylation is 1. The van der Waals surface area contributed by atoms with Crippen molar-refractivity contribution in [2.45, 2.75) is 19.4 Å². The zero-order valence-corrected chi connectivity index (χ0v) is 9.80. The van der Waals surface area contributed by atoms with Gasteiger partial charge < -0.3 is 9.88 Å². The summed E-state index contributed by atoms with van der Waals surface area (Å²) in [6.45, 7) is 4.85. The highest BCUT2D eigenvalue weighted by Gasteiger charge is 2.25. The van der Waals surface area contributed by atoms with Gasteiger partial charge in [0.1, 0.15) is 11.6 Å². The molecule has 1 fully saturated rings. The first-order valence-electron chi connectivity index (χ1n) is 5.84. The molecule has 2 aromatic rings. The molecule has 0 bridgehead atoms. The van der Waals surface area contributed by atoms with Crippen LogP contribution in [0.25, 0.3) is 0 Å². The van der Waals surface area contributed by atoms with Crippen LogP contribution in [-0.4, -0.2) is 32.8 Å². The molecule has 0 spiro atoms. The van der Waals surface area contributed by atoms with Gasteiger partial charge in [0, 0.05) is 31.4 Å². The van der Waals surface area contributed by atoms with Crippen molar-refractivity contribution in [1.29, 1.82) is 0 Å². The summed E-state index contributed by atoms with van der Waals surface area (Å²) in [5.41, 5.74) is 1.23. The fourth-order valence-corrected chi connectivity index (χ4v) is 2.04. The van der Waals surface area contributed by atoms with E-state index < -0.39 is 0 Å². The van der Waals surface area contributed by atoms with Crippen molar-refractivity contribution in [2.75, 3.05) is 13.1 Å². The SMILES string of the molecule is Cc1nnc(C2CNC2)n1Cc1ccncc1. The zero-order valence-electron chi connectivity index (χ0n) is 9.80. The molecule has 0 radical (unpaired) electrons. The lowest BCUT2D eigenvalue weighted by Gasteiger charge is -2.26. The Bertz CT molecular complexity index is 501. The van der Waals surface area contributed by atoms with Gasteiger partial charge >= 0.3 is 0 Å². The van der Waals surface area contributed by atoms with E-state index in [1.54, 1.807) is 0 Å². The Morgan fingerprint density at radius 2 is 2.06 bits per heavy atom. The van der Waals surface area contributed by atoms with E-state index in [1.807, 2.05) is 31.5 Å². The summed E-state index contributed by atoms with van der Waals surface area (Å²) in [7, 11) is 0. The molecule has 0 saturated carbocycles. The van der Waals surface area contributed by atoms with Gasteiger partial charge in [0.25, 0.3) is 0 Å². The number of hydrogen-bond acceptors (Lipinski definition) is 4. The highest BCUT2D eigenvalue weighted by atomic mass is 15.3. The molecule has 5 nitrogen and oxygen atoms in total. The third kappa shape index (κ3) is 1.93. The van der Waals surface area contributed by atoms with E-state index in [1.165, 1.54) is 5.56 Å². The molecule has 3 rings (SSSR count). The lowest BCUT2D eigenvalue weighted by molar-refractivity contribution is 0.416. The van der Waals surface area contributed by atoms with E-state index >= 15 is 0 Å². The standard InChI is InChI=1S/C12H15N5/c1-9-15-16-12(11-6-14-7-11)17(9)8-10-2-4-13-5-3-10/h2-5,11,14H,6-8H2,1H3. The van der Waals surface area contributed by atoms with Crippen LogP contribution in [0.4, 0.5) is 0 Å². The molecular formula is C12H15N5. The van der Waals surface area contributed by atoms with Gasteiger partial charge in [0.15, 0.2) is 0 Å². The van der Waals surface area contributed by atoms with Gasteiger partial charge in [0.2, 0.25) is 0 Å².